The van der Waals surface area contributed by atoms with E-state index in [1.54, 1.807) is 55.6 Å². The Balaban J connectivity index is 1.40. The molecule has 2 fully saturated rings. The van der Waals surface area contributed by atoms with Gasteiger partial charge in [0.2, 0.25) is 5.91 Å². The summed E-state index contributed by atoms with van der Waals surface area (Å²) < 4.78 is 10.1. The molecule has 2 aliphatic heterocycles. The lowest BCUT2D eigenvalue weighted by Crippen LogP contribution is -2.45. The summed E-state index contributed by atoms with van der Waals surface area (Å²) in [7, 11) is 1.58. The maximum absolute atomic E-state index is 12.9. The highest BCUT2D eigenvalue weighted by atomic mass is 16.6. The van der Waals surface area contributed by atoms with Crippen LogP contribution in [-0.2, 0) is 9.53 Å². The van der Waals surface area contributed by atoms with Gasteiger partial charge in [0.1, 0.15) is 18.4 Å². The number of urea groups is 1. The predicted octanol–water partition coefficient (Wildman–Crippen LogP) is 3.29. The van der Waals surface area contributed by atoms with Crippen molar-refractivity contribution in [2.75, 3.05) is 42.3 Å². The number of rotatable bonds is 5. The first-order valence-corrected chi connectivity index (χ1v) is 10.1. The number of hydrogen-bond acceptors (Lipinski definition) is 5. The van der Waals surface area contributed by atoms with E-state index in [1.165, 1.54) is 9.80 Å². The Kier molecular flexibility index (Phi) is 5.92. The molecule has 0 saturated carbocycles. The Morgan fingerprint density at radius 2 is 1.87 bits per heavy atom. The highest BCUT2D eigenvalue weighted by molar-refractivity contribution is 6.00. The first-order chi connectivity index (χ1) is 15.0. The van der Waals surface area contributed by atoms with Crippen molar-refractivity contribution in [1.29, 1.82) is 0 Å². The molecule has 9 heteroatoms. The average Bonchev–Trinajstić information content (AvgIpc) is 3.44. The van der Waals surface area contributed by atoms with Gasteiger partial charge in [0.25, 0.3) is 0 Å². The molecule has 0 radical (unpaired) electrons. The third-order valence-electron chi connectivity index (χ3n) is 5.34. The average molecular weight is 424 g/mol. The molecular formula is C22H24N4O5. The summed E-state index contributed by atoms with van der Waals surface area (Å²) in [6.45, 7) is 1.30. The lowest BCUT2D eigenvalue weighted by molar-refractivity contribution is -0.119. The number of amides is 4. The largest absolute Gasteiger partial charge is 0.497 e. The lowest BCUT2D eigenvalue weighted by atomic mass is 10.2. The molecule has 0 aliphatic carbocycles. The van der Waals surface area contributed by atoms with Crippen molar-refractivity contribution in [3.05, 3.63) is 48.5 Å². The highest BCUT2D eigenvalue weighted by Crippen LogP contribution is 2.25. The van der Waals surface area contributed by atoms with Gasteiger partial charge in [0.05, 0.1) is 13.7 Å². The molecule has 1 atom stereocenters. The van der Waals surface area contributed by atoms with Crippen LogP contribution in [0.5, 0.6) is 5.75 Å². The van der Waals surface area contributed by atoms with E-state index >= 15 is 0 Å². The fourth-order valence-corrected chi connectivity index (χ4v) is 3.76. The number of hydrogen-bond donors (Lipinski definition) is 2. The number of carbonyl (C=O) groups excluding carboxylic acids is 3. The second-order valence-corrected chi connectivity index (χ2v) is 7.32. The molecule has 31 heavy (non-hydrogen) atoms. The number of cyclic esters (lactones) is 1. The topological polar surface area (TPSA) is 100 Å². The fourth-order valence-electron chi connectivity index (χ4n) is 3.76. The zero-order valence-electron chi connectivity index (χ0n) is 17.2. The van der Waals surface area contributed by atoms with E-state index in [0.717, 1.165) is 6.42 Å². The number of likely N-dealkylation sites (tertiary alicyclic amines) is 1. The molecule has 2 heterocycles. The number of benzene rings is 2. The SMILES string of the molecule is COc1ccc(NC(=O)[C@@H]2CCCN2C(=O)Nc2cccc(N3CCOC3=O)c2)cc1. The third kappa shape index (κ3) is 4.55. The number of methoxy groups -OCH3 is 1. The fraction of sp³-hybridized carbons (Fsp3) is 0.318. The first kappa shape index (κ1) is 20.5. The van der Waals surface area contributed by atoms with Gasteiger partial charge in [-0.25, -0.2) is 9.59 Å². The van der Waals surface area contributed by atoms with Crippen LogP contribution in [0.25, 0.3) is 0 Å². The van der Waals surface area contributed by atoms with Crippen LogP contribution in [0.2, 0.25) is 0 Å². The van der Waals surface area contributed by atoms with Gasteiger partial charge in [-0.3, -0.25) is 9.69 Å². The third-order valence-corrected chi connectivity index (χ3v) is 5.34. The van der Waals surface area contributed by atoms with E-state index < -0.39 is 12.1 Å². The van der Waals surface area contributed by atoms with Gasteiger partial charge in [-0.05, 0) is 55.3 Å². The minimum atomic E-state index is -0.557. The van der Waals surface area contributed by atoms with Crippen molar-refractivity contribution in [2.45, 2.75) is 18.9 Å². The summed E-state index contributed by atoms with van der Waals surface area (Å²) in [4.78, 5) is 40.5. The zero-order valence-corrected chi connectivity index (χ0v) is 17.2. The second kappa shape index (κ2) is 8.95. The van der Waals surface area contributed by atoms with Gasteiger partial charge < -0.3 is 25.0 Å². The predicted molar refractivity (Wildman–Crippen MR) is 116 cm³/mol. The highest BCUT2D eigenvalue weighted by Gasteiger charge is 2.34. The Bertz CT molecular complexity index is 978. The molecule has 2 saturated heterocycles. The lowest BCUT2D eigenvalue weighted by Gasteiger charge is -2.24. The standard InChI is InChI=1S/C22H24N4O5/c1-30-18-9-7-15(8-10-18)23-20(27)19-6-3-11-26(19)21(28)24-16-4-2-5-17(14-16)25-12-13-31-22(25)29/h2,4-5,7-10,14,19H,3,6,11-13H2,1H3,(H,23,27)(H,24,28)/t19-/m0/s1. The Hall–Kier alpha value is -3.75. The molecule has 162 valence electrons. The van der Waals surface area contributed by atoms with Crippen LogP contribution in [-0.4, -0.2) is 55.8 Å². The second-order valence-electron chi connectivity index (χ2n) is 7.32. The maximum Gasteiger partial charge on any atom is 0.414 e. The van der Waals surface area contributed by atoms with Crippen molar-refractivity contribution in [3.63, 3.8) is 0 Å². The van der Waals surface area contributed by atoms with Gasteiger partial charge in [0, 0.05) is 23.6 Å². The smallest absolute Gasteiger partial charge is 0.414 e. The van der Waals surface area contributed by atoms with Crippen LogP contribution < -0.4 is 20.3 Å². The summed E-state index contributed by atoms with van der Waals surface area (Å²) in [5.74, 6) is 0.468. The summed E-state index contributed by atoms with van der Waals surface area (Å²) in [5, 5.41) is 5.70. The summed E-state index contributed by atoms with van der Waals surface area (Å²) >= 11 is 0. The molecule has 0 bridgehead atoms. The van der Waals surface area contributed by atoms with Gasteiger partial charge >= 0.3 is 12.1 Å². The molecule has 4 rings (SSSR count). The van der Waals surface area contributed by atoms with E-state index in [0.29, 0.717) is 48.9 Å². The van der Waals surface area contributed by atoms with Gasteiger partial charge in [-0.1, -0.05) is 6.07 Å². The van der Waals surface area contributed by atoms with Crippen LogP contribution in [0, 0.1) is 0 Å². The number of carbonyl (C=O) groups is 3. The quantitative estimate of drug-likeness (QED) is 0.767. The number of anilines is 3. The van der Waals surface area contributed by atoms with E-state index in [4.69, 9.17) is 9.47 Å². The van der Waals surface area contributed by atoms with E-state index in [9.17, 15) is 14.4 Å². The molecule has 2 aromatic carbocycles. The number of nitrogens with one attached hydrogen (secondary N) is 2. The molecule has 0 unspecified atom stereocenters. The number of nitrogens with zero attached hydrogens (tertiary/aromatic N) is 2. The Morgan fingerprint density at radius 1 is 1.06 bits per heavy atom. The normalized spacial score (nSPS) is 18.0. The summed E-state index contributed by atoms with van der Waals surface area (Å²) in [5.41, 5.74) is 1.84. The van der Waals surface area contributed by atoms with Crippen LogP contribution in [0.4, 0.5) is 26.7 Å². The molecule has 4 amide bonds. The van der Waals surface area contributed by atoms with Crippen molar-refractivity contribution in [3.8, 4) is 5.75 Å². The van der Waals surface area contributed by atoms with Crippen LogP contribution in [0.15, 0.2) is 48.5 Å². The van der Waals surface area contributed by atoms with Crippen molar-refractivity contribution >= 4 is 35.1 Å². The van der Waals surface area contributed by atoms with Gasteiger partial charge in [0.15, 0.2) is 0 Å². The summed E-state index contributed by atoms with van der Waals surface area (Å²) in [6.07, 6.45) is 0.932. The molecule has 0 spiro atoms. The van der Waals surface area contributed by atoms with Crippen LogP contribution >= 0.6 is 0 Å². The first-order valence-electron chi connectivity index (χ1n) is 10.1. The van der Waals surface area contributed by atoms with Crippen molar-refractivity contribution in [2.24, 2.45) is 0 Å². The molecule has 9 nitrogen and oxygen atoms in total. The van der Waals surface area contributed by atoms with E-state index in [2.05, 4.69) is 10.6 Å². The maximum atomic E-state index is 12.9. The Morgan fingerprint density at radius 3 is 2.58 bits per heavy atom. The van der Waals surface area contributed by atoms with E-state index in [-0.39, 0.29) is 11.9 Å². The van der Waals surface area contributed by atoms with Crippen LogP contribution in [0.3, 0.4) is 0 Å². The molecule has 0 aromatic heterocycles. The summed E-state index contributed by atoms with van der Waals surface area (Å²) in [6, 6.07) is 13.1. The molecule has 2 aliphatic rings. The molecular weight excluding hydrogens is 400 g/mol. The van der Waals surface area contributed by atoms with Crippen LogP contribution in [0.1, 0.15) is 12.8 Å². The monoisotopic (exact) mass is 424 g/mol. The Labute approximate surface area is 179 Å². The van der Waals surface area contributed by atoms with Crippen molar-refractivity contribution < 1.29 is 23.9 Å². The number of ether oxygens (including phenoxy) is 2. The van der Waals surface area contributed by atoms with Gasteiger partial charge in [-0.2, -0.15) is 0 Å². The minimum absolute atomic E-state index is 0.230. The zero-order chi connectivity index (χ0) is 21.8. The molecule has 2 aromatic rings. The molecule has 2 N–H and O–H groups in total. The van der Waals surface area contributed by atoms with Crippen molar-refractivity contribution in [1.82, 2.24) is 4.90 Å². The van der Waals surface area contributed by atoms with Gasteiger partial charge in [-0.15, -0.1) is 0 Å². The van der Waals surface area contributed by atoms with E-state index in [1.807, 2.05) is 0 Å². The minimum Gasteiger partial charge on any atom is -0.497 e.